The fourth-order valence-corrected chi connectivity index (χ4v) is 4.18. The van der Waals surface area contributed by atoms with Crippen molar-refractivity contribution in [3.05, 3.63) is 0 Å². The summed E-state index contributed by atoms with van der Waals surface area (Å²) in [6.45, 7) is 7.01. The molecule has 82 valence electrons. The van der Waals surface area contributed by atoms with Gasteiger partial charge in [0, 0.05) is 6.04 Å². The van der Waals surface area contributed by atoms with Gasteiger partial charge >= 0.3 is 0 Å². The van der Waals surface area contributed by atoms with E-state index in [-0.39, 0.29) is 0 Å². The Bertz CT molecular complexity index is 207. The van der Waals surface area contributed by atoms with Crippen LogP contribution in [0.2, 0.25) is 0 Å². The van der Waals surface area contributed by atoms with Crippen LogP contribution >= 0.6 is 0 Å². The molecule has 4 unspecified atom stereocenters. The average molecular weight is 195 g/mol. The summed E-state index contributed by atoms with van der Waals surface area (Å²) in [6.07, 6.45) is 7.21. The zero-order valence-corrected chi connectivity index (χ0v) is 9.92. The lowest BCUT2D eigenvalue weighted by molar-refractivity contribution is 0.122. The largest absolute Gasteiger partial charge is 0.328 e. The minimum absolute atomic E-state index is 0.365. The van der Waals surface area contributed by atoms with Gasteiger partial charge in [-0.15, -0.1) is 0 Å². The van der Waals surface area contributed by atoms with Crippen LogP contribution in [-0.2, 0) is 0 Å². The number of fused-ring (bicyclic) bond motifs is 2. The maximum absolute atomic E-state index is 5.94. The standard InChI is InChI=1S/C13H25N/c1-9(14)8-13(2,3)12-7-10-4-5-11(12)6-10/h9-12H,4-8,14H2,1-3H3. The molecule has 0 aromatic carbocycles. The van der Waals surface area contributed by atoms with Crippen molar-refractivity contribution >= 4 is 0 Å². The fraction of sp³-hybridized carbons (Fsp3) is 1.00. The van der Waals surface area contributed by atoms with Gasteiger partial charge in [-0.2, -0.15) is 0 Å². The van der Waals surface area contributed by atoms with Gasteiger partial charge in [0.05, 0.1) is 0 Å². The van der Waals surface area contributed by atoms with Crippen LogP contribution in [0.3, 0.4) is 0 Å². The van der Waals surface area contributed by atoms with Gasteiger partial charge < -0.3 is 5.73 Å². The maximum atomic E-state index is 5.94. The highest BCUT2D eigenvalue weighted by atomic mass is 14.6. The molecule has 2 aliphatic rings. The van der Waals surface area contributed by atoms with E-state index in [1.807, 2.05) is 0 Å². The number of rotatable bonds is 3. The third-order valence-electron chi connectivity index (χ3n) is 4.59. The van der Waals surface area contributed by atoms with Gasteiger partial charge in [0.25, 0.3) is 0 Å². The third-order valence-corrected chi connectivity index (χ3v) is 4.59. The Morgan fingerprint density at radius 3 is 2.43 bits per heavy atom. The van der Waals surface area contributed by atoms with E-state index >= 15 is 0 Å². The van der Waals surface area contributed by atoms with Crippen molar-refractivity contribution < 1.29 is 0 Å². The normalized spacial score (nSPS) is 39.0. The quantitative estimate of drug-likeness (QED) is 0.735. The van der Waals surface area contributed by atoms with Gasteiger partial charge in [-0.3, -0.25) is 0 Å². The van der Waals surface area contributed by atoms with Crippen molar-refractivity contribution in [2.45, 2.75) is 58.9 Å². The van der Waals surface area contributed by atoms with Crippen molar-refractivity contribution in [1.82, 2.24) is 0 Å². The van der Waals surface area contributed by atoms with Crippen LogP contribution in [0.15, 0.2) is 0 Å². The lowest BCUT2D eigenvalue weighted by Gasteiger charge is -2.38. The highest BCUT2D eigenvalue weighted by molar-refractivity contribution is 4.96. The molecule has 2 N–H and O–H groups in total. The number of hydrogen-bond acceptors (Lipinski definition) is 1. The van der Waals surface area contributed by atoms with Crippen molar-refractivity contribution in [3.63, 3.8) is 0 Å². The second-order valence-corrected chi connectivity index (χ2v) is 6.45. The maximum Gasteiger partial charge on any atom is 0.00156 e. The summed E-state index contributed by atoms with van der Waals surface area (Å²) in [7, 11) is 0. The molecule has 1 nitrogen and oxygen atoms in total. The monoisotopic (exact) mass is 195 g/mol. The molecule has 2 aliphatic carbocycles. The summed E-state index contributed by atoms with van der Waals surface area (Å²) in [5.41, 5.74) is 6.42. The smallest absolute Gasteiger partial charge is 0.00156 e. The highest BCUT2D eigenvalue weighted by Gasteiger charge is 2.46. The molecular weight excluding hydrogens is 170 g/mol. The Hall–Kier alpha value is -0.0400. The molecule has 2 saturated carbocycles. The summed E-state index contributed by atoms with van der Waals surface area (Å²) in [5.74, 6) is 3.07. The SMILES string of the molecule is CC(N)CC(C)(C)C1CC2CCC1C2. The average Bonchev–Trinajstić information content (AvgIpc) is 2.60. The topological polar surface area (TPSA) is 26.0 Å². The van der Waals surface area contributed by atoms with Gasteiger partial charge in [0.1, 0.15) is 0 Å². The van der Waals surface area contributed by atoms with Crippen LogP contribution in [0.4, 0.5) is 0 Å². The molecule has 2 bridgehead atoms. The minimum atomic E-state index is 0.365. The molecule has 2 rings (SSSR count). The summed E-state index contributed by atoms with van der Waals surface area (Å²) >= 11 is 0. The van der Waals surface area contributed by atoms with Crippen molar-refractivity contribution in [2.75, 3.05) is 0 Å². The van der Waals surface area contributed by atoms with Crippen LogP contribution in [-0.4, -0.2) is 6.04 Å². The Morgan fingerprint density at radius 2 is 2.00 bits per heavy atom. The molecule has 0 aromatic heterocycles. The molecule has 0 aliphatic heterocycles. The van der Waals surface area contributed by atoms with E-state index in [4.69, 9.17) is 5.73 Å². The first-order valence-electron chi connectivity index (χ1n) is 6.24. The van der Waals surface area contributed by atoms with Crippen LogP contribution in [0, 0.1) is 23.2 Å². The molecule has 2 fully saturated rings. The zero-order valence-electron chi connectivity index (χ0n) is 9.92. The lowest BCUT2D eigenvalue weighted by atomic mass is 9.68. The molecule has 14 heavy (non-hydrogen) atoms. The Morgan fingerprint density at radius 1 is 1.29 bits per heavy atom. The summed E-state index contributed by atoms with van der Waals surface area (Å²) in [4.78, 5) is 0. The Balaban J connectivity index is 2.00. The zero-order chi connectivity index (χ0) is 10.3. The molecule has 0 radical (unpaired) electrons. The molecule has 0 aromatic rings. The van der Waals surface area contributed by atoms with E-state index in [0.717, 1.165) is 17.8 Å². The second kappa shape index (κ2) is 3.52. The van der Waals surface area contributed by atoms with Gasteiger partial charge in [0.2, 0.25) is 0 Å². The number of nitrogens with two attached hydrogens (primary N) is 1. The Kier molecular flexibility index (Phi) is 2.63. The summed E-state index contributed by atoms with van der Waals surface area (Å²) in [6, 6.07) is 0.365. The summed E-state index contributed by atoms with van der Waals surface area (Å²) < 4.78 is 0. The van der Waals surface area contributed by atoms with Crippen molar-refractivity contribution in [2.24, 2.45) is 28.9 Å². The van der Waals surface area contributed by atoms with Gasteiger partial charge in [-0.05, 0) is 55.8 Å². The minimum Gasteiger partial charge on any atom is -0.328 e. The van der Waals surface area contributed by atoms with E-state index in [2.05, 4.69) is 20.8 Å². The molecule has 4 atom stereocenters. The van der Waals surface area contributed by atoms with Crippen LogP contribution in [0.1, 0.15) is 52.9 Å². The second-order valence-electron chi connectivity index (χ2n) is 6.45. The predicted octanol–water partition coefficient (Wildman–Crippen LogP) is 3.19. The van der Waals surface area contributed by atoms with E-state index in [0.29, 0.717) is 11.5 Å². The first-order chi connectivity index (χ1) is 6.49. The third kappa shape index (κ3) is 1.84. The molecule has 0 saturated heterocycles. The molecule has 1 heteroatoms. The van der Waals surface area contributed by atoms with Crippen molar-refractivity contribution in [3.8, 4) is 0 Å². The van der Waals surface area contributed by atoms with E-state index in [1.54, 1.807) is 0 Å². The molecule has 0 spiro atoms. The van der Waals surface area contributed by atoms with Gasteiger partial charge in [0.15, 0.2) is 0 Å². The van der Waals surface area contributed by atoms with Crippen molar-refractivity contribution in [1.29, 1.82) is 0 Å². The summed E-state index contributed by atoms with van der Waals surface area (Å²) in [5, 5.41) is 0. The fourth-order valence-electron chi connectivity index (χ4n) is 4.18. The lowest BCUT2D eigenvalue weighted by Crippen LogP contribution is -2.34. The molecular formula is C13H25N. The van der Waals surface area contributed by atoms with E-state index in [9.17, 15) is 0 Å². The number of hydrogen-bond donors (Lipinski definition) is 1. The first-order valence-corrected chi connectivity index (χ1v) is 6.24. The molecule has 0 amide bonds. The van der Waals surface area contributed by atoms with Crippen LogP contribution < -0.4 is 5.73 Å². The van der Waals surface area contributed by atoms with Gasteiger partial charge in [-0.25, -0.2) is 0 Å². The molecule has 0 heterocycles. The van der Waals surface area contributed by atoms with E-state index < -0.39 is 0 Å². The Labute approximate surface area is 88.4 Å². The van der Waals surface area contributed by atoms with Crippen LogP contribution in [0.5, 0.6) is 0 Å². The first kappa shape index (κ1) is 10.5. The highest BCUT2D eigenvalue weighted by Crippen LogP contribution is 2.55. The van der Waals surface area contributed by atoms with Gasteiger partial charge in [-0.1, -0.05) is 20.3 Å². The predicted molar refractivity (Wildman–Crippen MR) is 61.0 cm³/mol. The van der Waals surface area contributed by atoms with E-state index in [1.165, 1.54) is 32.1 Å². The van der Waals surface area contributed by atoms with Crippen LogP contribution in [0.25, 0.3) is 0 Å².